The van der Waals surface area contributed by atoms with E-state index in [4.69, 9.17) is 16.2 Å². The van der Waals surface area contributed by atoms with Crippen LogP contribution in [0.15, 0.2) is 93.4 Å². The Morgan fingerprint density at radius 1 is 0.598 bits per heavy atom. The van der Waals surface area contributed by atoms with Crippen molar-refractivity contribution in [2.24, 2.45) is 16.5 Å². The number of anilines is 2. The molecular formula is C65H94N16O16. The molecule has 1 unspecified atom stereocenters. The predicted molar refractivity (Wildman–Crippen MR) is 362 cm³/mol. The molecule has 0 spiro atoms. The van der Waals surface area contributed by atoms with Crippen LogP contribution in [-0.4, -0.2) is 243 Å². The minimum Gasteiger partial charge on any atom is -0.508 e. The average molecular weight is 1360 g/mol. The maximum absolute atomic E-state index is 14.6. The summed E-state index contributed by atoms with van der Waals surface area (Å²) in [7, 11) is 0. The first-order chi connectivity index (χ1) is 46.7. The van der Waals surface area contributed by atoms with E-state index >= 15 is 0 Å². The smallest absolute Gasteiger partial charge is 0.344 e. The van der Waals surface area contributed by atoms with E-state index in [0.29, 0.717) is 80.3 Å². The minimum atomic E-state index is -1.11. The number of ether oxygens (including phenoxy) is 1. The molecule has 17 N–H and O–H groups in total. The Kier molecular flexibility index (Phi) is 34.4. The highest BCUT2D eigenvalue weighted by atomic mass is 16.5. The molecule has 97 heavy (non-hydrogen) atoms. The number of nitrogens with one attached hydrogen (secondary N) is 9. The Balaban J connectivity index is 1.15. The third kappa shape index (κ3) is 28.7. The van der Waals surface area contributed by atoms with E-state index in [-0.39, 0.29) is 160 Å². The lowest BCUT2D eigenvalue weighted by atomic mass is 9.90. The molecule has 0 radical (unpaired) electrons. The van der Waals surface area contributed by atoms with Crippen LogP contribution in [0.5, 0.6) is 11.5 Å². The van der Waals surface area contributed by atoms with Gasteiger partial charge in [0.2, 0.25) is 23.6 Å². The predicted octanol–water partition coefficient (Wildman–Crippen LogP) is -1.27. The third-order valence-corrected chi connectivity index (χ3v) is 15.7. The van der Waals surface area contributed by atoms with Crippen molar-refractivity contribution in [2.45, 2.75) is 89.0 Å². The van der Waals surface area contributed by atoms with Gasteiger partial charge in [0.15, 0.2) is 12.2 Å². The second kappa shape index (κ2) is 42.8. The van der Waals surface area contributed by atoms with Gasteiger partial charge in [0.25, 0.3) is 10.9 Å². The van der Waals surface area contributed by atoms with Crippen molar-refractivity contribution in [2.75, 3.05) is 135 Å². The minimum absolute atomic E-state index is 0.00576. The van der Waals surface area contributed by atoms with Crippen LogP contribution in [0.1, 0.15) is 80.9 Å². The maximum Gasteiger partial charge on any atom is 0.344 e. The third-order valence-electron chi connectivity index (χ3n) is 15.7. The molecule has 4 aromatic carbocycles. The van der Waals surface area contributed by atoms with Gasteiger partial charge in [0.1, 0.15) is 35.1 Å². The number of amides is 6. The van der Waals surface area contributed by atoms with Gasteiger partial charge in [0, 0.05) is 105 Å². The number of aromatic hydroxyl groups is 1. The summed E-state index contributed by atoms with van der Waals surface area (Å²) in [5.74, 6) is -5.44. The standard InChI is InChI=1S/C65H94N16O16/c1-2-52(84)68-25-28-73-65(96)77-64(67)72-24-11-17-50(62(94)74-39-44-18-20-47(83)21-19-44)76-63(95)56(45-12-4-3-5-13-45)46-14-10-15-48(38-46)97-37-9-8-23-69-57-58(60(92)59(57)91)70-26-27-71-61(93)49(16-6-7-22-66)75-51(43-82)81-35-33-79(41-54(87)88)31-29-78(40-53(85)86)30-32-80(34-36-81)42-55(89)90/h3-5,10,12-15,18-21,38,43,49-51,56,69-70,75,83H,2,6-9,11,16-17,22-37,39-42,66H2,1H3,(H,68,84)(H,71,93)(H,74,94)(H,76,95)(H,85,86)(H,87,88)(H,89,90)(H4,67,72,73,77,96)/t49-,50-,51?,56+/m1/s1. The topological polar surface area (TPSA) is 464 Å². The fourth-order valence-corrected chi connectivity index (χ4v) is 10.5. The number of hydrogen-bond donors (Lipinski definition) is 15. The zero-order valence-corrected chi connectivity index (χ0v) is 54.8. The molecule has 4 aromatic rings. The number of aliphatic imine (C=N–C) groups is 1. The lowest BCUT2D eigenvalue weighted by Gasteiger charge is -2.36. The van der Waals surface area contributed by atoms with Crippen LogP contribution < -0.4 is 74.9 Å². The molecule has 4 atom stereocenters. The zero-order valence-electron chi connectivity index (χ0n) is 54.8. The molecule has 1 saturated heterocycles. The number of carbonyl (C=O) groups is 9. The normalized spacial score (nSPS) is 15.0. The molecule has 1 aliphatic rings. The Bertz CT molecular complexity index is 3250. The number of aliphatic carboxylic acids is 3. The summed E-state index contributed by atoms with van der Waals surface area (Å²) in [6.45, 7) is 3.47. The Morgan fingerprint density at radius 3 is 1.76 bits per heavy atom. The van der Waals surface area contributed by atoms with E-state index in [1.54, 1.807) is 87.2 Å². The van der Waals surface area contributed by atoms with Gasteiger partial charge in [-0.1, -0.05) is 67.9 Å². The van der Waals surface area contributed by atoms with Crippen molar-refractivity contribution in [3.63, 3.8) is 0 Å². The Morgan fingerprint density at radius 2 is 1.16 bits per heavy atom. The second-order valence-electron chi connectivity index (χ2n) is 23.1. The molecule has 530 valence electrons. The van der Waals surface area contributed by atoms with Crippen molar-refractivity contribution in [3.05, 3.63) is 116 Å². The number of benzene rings is 3. The molecule has 5 rings (SSSR count). The lowest BCUT2D eigenvalue weighted by molar-refractivity contribution is -0.140. The number of phenols is 1. The lowest BCUT2D eigenvalue weighted by Crippen LogP contribution is -2.58. The van der Waals surface area contributed by atoms with Crippen LogP contribution in [-0.2, 0) is 44.9 Å². The van der Waals surface area contributed by atoms with Gasteiger partial charge in [-0.15, -0.1) is 0 Å². The van der Waals surface area contributed by atoms with Gasteiger partial charge in [-0.2, -0.15) is 4.99 Å². The fourth-order valence-electron chi connectivity index (χ4n) is 10.5. The van der Waals surface area contributed by atoms with Crippen LogP contribution in [0.25, 0.3) is 0 Å². The number of nitrogens with zero attached hydrogens (tertiary/aromatic N) is 5. The largest absolute Gasteiger partial charge is 0.508 e. The highest BCUT2D eigenvalue weighted by Gasteiger charge is 2.31. The van der Waals surface area contributed by atoms with E-state index in [9.17, 15) is 73.2 Å². The van der Waals surface area contributed by atoms with Gasteiger partial charge in [0.05, 0.1) is 38.2 Å². The fraction of sp³-hybridized carbons (Fsp3) is 0.508. The summed E-state index contributed by atoms with van der Waals surface area (Å²) in [4.78, 5) is 150. The molecule has 0 saturated carbocycles. The summed E-state index contributed by atoms with van der Waals surface area (Å²) in [5, 5.41) is 64.4. The summed E-state index contributed by atoms with van der Waals surface area (Å²) in [6, 6.07) is 19.6. The number of carbonyl (C=O) groups excluding carboxylic acids is 6. The molecule has 0 aromatic heterocycles. The molecule has 1 heterocycles. The van der Waals surface area contributed by atoms with Crippen molar-refractivity contribution < 1.29 is 68.3 Å². The van der Waals surface area contributed by atoms with Gasteiger partial charge < -0.3 is 84.0 Å². The number of hydrogen-bond acceptors (Lipinski definition) is 21. The van der Waals surface area contributed by atoms with Crippen LogP contribution in [0, 0.1) is 0 Å². The first kappa shape index (κ1) is 78.1. The molecule has 0 bridgehead atoms. The molecule has 32 nitrogen and oxygen atoms in total. The monoisotopic (exact) mass is 1350 g/mol. The summed E-state index contributed by atoms with van der Waals surface area (Å²) in [6.07, 6.45) is 2.66. The summed E-state index contributed by atoms with van der Waals surface area (Å²) in [5.41, 5.74) is 12.4. The highest BCUT2D eigenvalue weighted by Crippen LogP contribution is 2.29. The number of aldehydes is 1. The molecule has 1 aliphatic heterocycles. The number of phenolic OH excluding ortho intramolecular Hbond substituents is 1. The molecule has 0 aliphatic carbocycles. The zero-order chi connectivity index (χ0) is 70.5. The number of carboxylic acids is 3. The van der Waals surface area contributed by atoms with Gasteiger partial charge in [-0.25, -0.2) is 4.79 Å². The number of nitrogens with two attached hydrogens (primary N) is 2. The van der Waals surface area contributed by atoms with E-state index in [2.05, 4.69) is 52.8 Å². The summed E-state index contributed by atoms with van der Waals surface area (Å²) >= 11 is 0. The van der Waals surface area contributed by atoms with E-state index in [0.717, 1.165) is 0 Å². The number of urea groups is 1. The van der Waals surface area contributed by atoms with Gasteiger partial charge in [-0.3, -0.25) is 68.1 Å². The van der Waals surface area contributed by atoms with Crippen molar-refractivity contribution in [3.8, 4) is 11.5 Å². The number of rotatable bonds is 41. The number of carboxylic acid groups (broad SMARTS) is 3. The van der Waals surface area contributed by atoms with E-state index in [1.807, 2.05) is 6.07 Å². The quantitative estimate of drug-likeness (QED) is 0.00810. The molecule has 1 fully saturated rings. The van der Waals surface area contributed by atoms with E-state index < -0.39 is 76.7 Å². The van der Waals surface area contributed by atoms with Crippen molar-refractivity contribution >= 4 is 71.2 Å². The second-order valence-corrected chi connectivity index (χ2v) is 23.1. The maximum atomic E-state index is 14.6. The van der Waals surface area contributed by atoms with Crippen LogP contribution in [0.4, 0.5) is 16.2 Å². The van der Waals surface area contributed by atoms with Crippen LogP contribution in [0.2, 0.25) is 0 Å². The highest BCUT2D eigenvalue weighted by molar-refractivity contribution is 5.93. The SMILES string of the molecule is CCC(=O)NCCNC(=O)/N=C(/N)NCCC[C@@H](NC(=O)[C@@H](c1ccccc1)c1cccc(OCCCCNc2c(NCCNC(=O)[C@@H](CCCCN)NC(C=O)N3CCN(CC(=O)O)CCN(CC(=O)O)CCN(CC(=O)O)CC3)c(=O)c2=O)c1)C(=O)NCc1ccc(O)cc1. The van der Waals surface area contributed by atoms with E-state index in [1.165, 1.54) is 12.1 Å². The Labute approximate surface area is 562 Å². The van der Waals surface area contributed by atoms with Crippen molar-refractivity contribution in [1.82, 2.24) is 56.8 Å². The molecule has 32 heteroatoms. The molecule has 6 amide bonds. The van der Waals surface area contributed by atoms with Crippen LogP contribution >= 0.6 is 0 Å². The van der Waals surface area contributed by atoms with Gasteiger partial charge in [-0.05, 0) is 86.0 Å². The van der Waals surface area contributed by atoms with Crippen molar-refractivity contribution in [1.29, 1.82) is 0 Å². The molecular weight excluding hydrogens is 1260 g/mol. The van der Waals surface area contributed by atoms with Crippen LogP contribution in [0.3, 0.4) is 0 Å². The first-order valence-corrected chi connectivity index (χ1v) is 32.5. The number of guanidine groups is 1. The Hall–Kier alpha value is -9.60. The van der Waals surface area contributed by atoms with Gasteiger partial charge >= 0.3 is 23.9 Å². The number of unbranched alkanes of at least 4 members (excludes halogenated alkanes) is 2. The first-order valence-electron chi connectivity index (χ1n) is 32.5. The average Bonchev–Trinajstić information content (AvgIpc) is 0.801. The summed E-state index contributed by atoms with van der Waals surface area (Å²) < 4.78 is 6.15.